The zero-order valence-corrected chi connectivity index (χ0v) is 14.9. The summed E-state index contributed by atoms with van der Waals surface area (Å²) >= 11 is 0. The third-order valence-corrected chi connectivity index (χ3v) is 2.99. The van der Waals surface area contributed by atoms with Crippen molar-refractivity contribution in [1.82, 2.24) is 0 Å². The molecule has 6 heteroatoms. The van der Waals surface area contributed by atoms with E-state index in [4.69, 9.17) is 18.9 Å². The Hall–Kier alpha value is -1.40. The molecule has 6 nitrogen and oxygen atoms in total. The van der Waals surface area contributed by atoms with Crippen LogP contribution in [0.5, 0.6) is 0 Å². The van der Waals surface area contributed by atoms with Gasteiger partial charge in [0.1, 0.15) is 12.2 Å². The molecule has 2 unspecified atom stereocenters. The second-order valence-electron chi connectivity index (χ2n) is 7.28. The Morgan fingerprint density at radius 2 is 1.78 bits per heavy atom. The van der Waals surface area contributed by atoms with Crippen molar-refractivity contribution in [3.8, 4) is 0 Å². The summed E-state index contributed by atoms with van der Waals surface area (Å²) in [5.41, 5.74) is -0.199. The van der Waals surface area contributed by atoms with Gasteiger partial charge in [0.25, 0.3) is 0 Å². The fourth-order valence-electron chi connectivity index (χ4n) is 2.31. The van der Waals surface area contributed by atoms with Crippen molar-refractivity contribution in [3.05, 3.63) is 12.2 Å². The Labute approximate surface area is 138 Å². The first kappa shape index (κ1) is 19.6. The molecule has 0 aromatic carbocycles. The highest BCUT2D eigenvalue weighted by molar-refractivity contribution is 5.86. The lowest BCUT2D eigenvalue weighted by Crippen LogP contribution is -2.47. The van der Waals surface area contributed by atoms with Crippen LogP contribution in [0.4, 0.5) is 0 Å². The Morgan fingerprint density at radius 1 is 1.22 bits per heavy atom. The molecule has 1 rings (SSSR count). The number of rotatable bonds is 5. The quantitative estimate of drug-likeness (QED) is 0.571. The zero-order chi connectivity index (χ0) is 17.8. The number of carbonyl (C=O) groups excluding carboxylic acids is 2. The Bertz CT molecular complexity index is 460. The van der Waals surface area contributed by atoms with E-state index in [-0.39, 0.29) is 31.2 Å². The van der Waals surface area contributed by atoms with Gasteiger partial charge in [0.05, 0.1) is 18.6 Å². The van der Waals surface area contributed by atoms with Gasteiger partial charge in [-0.25, -0.2) is 4.79 Å². The predicted octanol–water partition coefficient (Wildman–Crippen LogP) is 2.75. The van der Waals surface area contributed by atoms with E-state index in [9.17, 15) is 9.59 Å². The first-order chi connectivity index (χ1) is 10.4. The fraction of sp³-hybridized carbons (Fsp3) is 0.765. The van der Waals surface area contributed by atoms with E-state index < -0.39 is 17.4 Å². The summed E-state index contributed by atoms with van der Waals surface area (Å²) in [6, 6.07) is 0. The molecule has 23 heavy (non-hydrogen) atoms. The summed E-state index contributed by atoms with van der Waals surface area (Å²) in [5.74, 6) is -1.63. The van der Waals surface area contributed by atoms with Gasteiger partial charge in [0.15, 0.2) is 5.79 Å². The van der Waals surface area contributed by atoms with Gasteiger partial charge in [0.2, 0.25) is 0 Å². The van der Waals surface area contributed by atoms with E-state index in [1.807, 2.05) is 20.8 Å². The van der Waals surface area contributed by atoms with Crippen LogP contribution in [0.2, 0.25) is 0 Å². The van der Waals surface area contributed by atoms with Crippen LogP contribution in [-0.2, 0) is 28.5 Å². The molecular formula is C17H28O6. The second-order valence-corrected chi connectivity index (χ2v) is 7.28. The minimum atomic E-state index is -0.856. The van der Waals surface area contributed by atoms with E-state index >= 15 is 0 Å². The van der Waals surface area contributed by atoms with Crippen molar-refractivity contribution < 1.29 is 28.5 Å². The molecule has 0 aliphatic carbocycles. The van der Waals surface area contributed by atoms with Gasteiger partial charge < -0.3 is 18.9 Å². The minimum Gasteiger partial charge on any atom is -0.460 e. The van der Waals surface area contributed by atoms with Gasteiger partial charge in [-0.2, -0.15) is 0 Å². The molecule has 0 saturated carbocycles. The van der Waals surface area contributed by atoms with Crippen LogP contribution in [0.3, 0.4) is 0 Å². The highest BCUT2D eigenvalue weighted by Gasteiger charge is 2.37. The van der Waals surface area contributed by atoms with Crippen molar-refractivity contribution in [2.75, 3.05) is 6.61 Å². The molecule has 2 atom stereocenters. The maximum Gasteiger partial charge on any atom is 0.333 e. The molecule has 1 saturated heterocycles. The van der Waals surface area contributed by atoms with Crippen LogP contribution in [0, 0.1) is 0 Å². The lowest BCUT2D eigenvalue weighted by atomic mass is 10.1. The monoisotopic (exact) mass is 328 g/mol. The lowest BCUT2D eigenvalue weighted by molar-refractivity contribution is -0.304. The van der Waals surface area contributed by atoms with Gasteiger partial charge in [-0.05, 0) is 41.5 Å². The maximum atomic E-state index is 12.0. The summed E-state index contributed by atoms with van der Waals surface area (Å²) in [6.45, 7) is 14.2. The van der Waals surface area contributed by atoms with Crippen molar-refractivity contribution in [1.29, 1.82) is 0 Å². The largest absolute Gasteiger partial charge is 0.460 e. The van der Waals surface area contributed by atoms with Crippen LogP contribution in [-0.4, -0.2) is 42.1 Å². The van der Waals surface area contributed by atoms with Crippen molar-refractivity contribution in [2.24, 2.45) is 0 Å². The second kappa shape index (κ2) is 7.45. The smallest absolute Gasteiger partial charge is 0.333 e. The molecule has 0 amide bonds. The average molecular weight is 328 g/mol. The molecule has 1 heterocycles. The highest BCUT2D eigenvalue weighted by atomic mass is 16.7. The summed E-state index contributed by atoms with van der Waals surface area (Å²) < 4.78 is 21.9. The van der Waals surface area contributed by atoms with Crippen LogP contribution < -0.4 is 0 Å². The zero-order valence-electron chi connectivity index (χ0n) is 14.9. The molecule has 0 bridgehead atoms. The molecule has 0 aromatic rings. The summed E-state index contributed by atoms with van der Waals surface area (Å²) in [7, 11) is 0. The van der Waals surface area contributed by atoms with Crippen molar-refractivity contribution >= 4 is 11.9 Å². The summed E-state index contributed by atoms with van der Waals surface area (Å²) in [5, 5.41) is 0. The highest BCUT2D eigenvalue weighted by Crippen LogP contribution is 2.29. The molecule has 0 aromatic heterocycles. The lowest BCUT2D eigenvalue weighted by Gasteiger charge is -2.40. The van der Waals surface area contributed by atoms with E-state index in [1.165, 1.54) is 0 Å². The average Bonchev–Trinajstić information content (AvgIpc) is 2.31. The summed E-state index contributed by atoms with van der Waals surface area (Å²) in [4.78, 5) is 23.4. The van der Waals surface area contributed by atoms with E-state index in [1.54, 1.807) is 20.8 Å². The molecule has 1 aliphatic rings. The van der Waals surface area contributed by atoms with E-state index in [0.29, 0.717) is 12.0 Å². The molecule has 0 N–H and O–H groups in total. The predicted molar refractivity (Wildman–Crippen MR) is 84.7 cm³/mol. The standard InChI is InChI=1S/C17H28O6/c1-11(2)15(19)20-10-13-8-12(21-17(6,7)22-13)9-14(18)23-16(3,4)5/h12-13H,1,8-10H2,2-7H3. The number of carbonyl (C=O) groups is 2. The van der Waals surface area contributed by atoms with Crippen molar-refractivity contribution in [3.63, 3.8) is 0 Å². The van der Waals surface area contributed by atoms with Crippen LogP contribution in [0.15, 0.2) is 12.2 Å². The normalized spacial score (nSPS) is 23.9. The van der Waals surface area contributed by atoms with Crippen molar-refractivity contribution in [2.45, 2.75) is 78.0 Å². The van der Waals surface area contributed by atoms with Gasteiger partial charge in [0, 0.05) is 12.0 Å². The molecule has 1 aliphatic heterocycles. The minimum absolute atomic E-state index is 0.100. The van der Waals surface area contributed by atoms with E-state index in [2.05, 4.69) is 6.58 Å². The number of ether oxygens (including phenoxy) is 4. The topological polar surface area (TPSA) is 71.1 Å². The van der Waals surface area contributed by atoms with Crippen LogP contribution in [0.1, 0.15) is 54.4 Å². The molecule has 132 valence electrons. The molecular weight excluding hydrogens is 300 g/mol. The number of hydrogen-bond acceptors (Lipinski definition) is 6. The van der Waals surface area contributed by atoms with Gasteiger partial charge in [-0.1, -0.05) is 6.58 Å². The van der Waals surface area contributed by atoms with Gasteiger partial charge >= 0.3 is 11.9 Å². The first-order valence-electron chi connectivity index (χ1n) is 7.78. The Balaban J connectivity index is 2.59. The number of hydrogen-bond donors (Lipinski definition) is 0. The SMILES string of the molecule is C=C(C)C(=O)OCC1CC(CC(=O)OC(C)(C)C)OC(C)(C)O1. The van der Waals surface area contributed by atoms with Crippen LogP contribution in [0.25, 0.3) is 0 Å². The maximum absolute atomic E-state index is 12.0. The number of esters is 2. The first-order valence-corrected chi connectivity index (χ1v) is 7.78. The molecule has 1 fully saturated rings. The Morgan fingerprint density at radius 3 is 2.30 bits per heavy atom. The molecule has 0 spiro atoms. The van der Waals surface area contributed by atoms with E-state index in [0.717, 1.165) is 0 Å². The third kappa shape index (κ3) is 7.61. The fourth-order valence-corrected chi connectivity index (χ4v) is 2.31. The Kier molecular flexibility index (Phi) is 6.36. The van der Waals surface area contributed by atoms with Gasteiger partial charge in [-0.3, -0.25) is 4.79 Å². The summed E-state index contributed by atoms with van der Waals surface area (Å²) in [6.07, 6.45) is -0.0992. The molecule has 0 radical (unpaired) electrons. The van der Waals surface area contributed by atoms with Gasteiger partial charge in [-0.15, -0.1) is 0 Å². The third-order valence-electron chi connectivity index (χ3n) is 2.99. The van der Waals surface area contributed by atoms with Crippen LogP contribution >= 0.6 is 0 Å².